The molecule has 0 radical (unpaired) electrons. The Balaban J connectivity index is 1.41. The molecule has 0 saturated carbocycles. The maximum absolute atomic E-state index is 13.0. The quantitative estimate of drug-likeness (QED) is 0.165. The lowest BCUT2D eigenvalue weighted by molar-refractivity contribution is -0.113. The van der Waals surface area contributed by atoms with E-state index < -0.39 is 5.91 Å². The molecule has 4 aromatic rings. The normalized spacial score (nSPS) is 11.0. The molecule has 0 saturated heterocycles. The summed E-state index contributed by atoms with van der Waals surface area (Å²) >= 11 is 2.94. The van der Waals surface area contributed by atoms with Gasteiger partial charge in [0, 0.05) is 21.7 Å². The molecule has 0 fully saturated rings. The van der Waals surface area contributed by atoms with Crippen LogP contribution in [0.4, 0.5) is 5.69 Å². The number of hydrogen-bond acceptors (Lipinski definition) is 5. The van der Waals surface area contributed by atoms with Gasteiger partial charge in [-0.3, -0.25) is 14.4 Å². The van der Waals surface area contributed by atoms with Crippen molar-refractivity contribution >= 4 is 52.5 Å². The van der Waals surface area contributed by atoms with Gasteiger partial charge in [-0.05, 0) is 64.9 Å². The Hall–Kier alpha value is -3.94. The summed E-state index contributed by atoms with van der Waals surface area (Å²) in [5.74, 6) is -0.406. The zero-order valence-corrected chi connectivity index (χ0v) is 20.3. The van der Waals surface area contributed by atoms with Gasteiger partial charge in [-0.15, -0.1) is 11.8 Å². The van der Waals surface area contributed by atoms with E-state index in [1.54, 1.807) is 54.6 Å². The molecule has 2 N–H and O–H groups in total. The number of anilines is 1. The number of thioether (sulfide) groups is 1. The van der Waals surface area contributed by atoms with Crippen LogP contribution in [0.1, 0.15) is 26.3 Å². The van der Waals surface area contributed by atoms with Gasteiger partial charge in [0.05, 0.1) is 5.75 Å². The number of Topliss-reactive ketones (excluding diaryl/α,β-unsaturated/α-hetero) is 1. The second-order valence-corrected chi connectivity index (χ2v) is 9.32. The molecule has 0 atom stereocenters. The fourth-order valence-corrected chi connectivity index (χ4v) is 4.57. The lowest BCUT2D eigenvalue weighted by atomic mass is 10.2. The van der Waals surface area contributed by atoms with Crippen LogP contribution in [-0.4, -0.2) is 23.4 Å². The molecule has 35 heavy (non-hydrogen) atoms. The molecule has 0 aliphatic heterocycles. The van der Waals surface area contributed by atoms with E-state index in [0.717, 1.165) is 10.5 Å². The highest BCUT2D eigenvalue weighted by Gasteiger charge is 2.15. The van der Waals surface area contributed by atoms with Crippen molar-refractivity contribution in [2.24, 2.45) is 0 Å². The molecule has 7 heteroatoms. The van der Waals surface area contributed by atoms with E-state index in [1.807, 2.05) is 53.2 Å². The maximum atomic E-state index is 13.0. The predicted molar refractivity (Wildman–Crippen MR) is 143 cm³/mol. The second kappa shape index (κ2) is 12.0. The number of nitrogens with one attached hydrogen (secondary N) is 2. The van der Waals surface area contributed by atoms with Gasteiger partial charge in [0.15, 0.2) is 5.78 Å². The van der Waals surface area contributed by atoms with Crippen LogP contribution < -0.4 is 10.6 Å². The number of carbonyl (C=O) groups is 3. The van der Waals surface area contributed by atoms with Crippen molar-refractivity contribution in [3.8, 4) is 0 Å². The summed E-state index contributed by atoms with van der Waals surface area (Å²) < 4.78 is 0. The minimum atomic E-state index is -0.430. The van der Waals surface area contributed by atoms with Crippen LogP contribution in [-0.2, 0) is 4.79 Å². The predicted octanol–water partition coefficient (Wildman–Crippen LogP) is 6.13. The minimum Gasteiger partial charge on any atom is -0.321 e. The third-order valence-electron chi connectivity index (χ3n) is 4.96. The summed E-state index contributed by atoms with van der Waals surface area (Å²) in [4.78, 5) is 38.9. The van der Waals surface area contributed by atoms with Crippen LogP contribution >= 0.6 is 23.1 Å². The van der Waals surface area contributed by atoms with Crippen LogP contribution in [0.25, 0.3) is 6.08 Å². The molecule has 174 valence electrons. The average molecular weight is 499 g/mol. The highest BCUT2D eigenvalue weighted by atomic mass is 32.2. The molecule has 4 rings (SSSR count). The number of ketones is 1. The Labute approximate surface area is 211 Å². The Morgan fingerprint density at radius 1 is 0.800 bits per heavy atom. The molecule has 0 aliphatic rings. The van der Waals surface area contributed by atoms with Gasteiger partial charge in [-0.2, -0.15) is 11.3 Å². The number of carbonyl (C=O) groups excluding carboxylic acids is 3. The first-order valence-corrected chi connectivity index (χ1v) is 12.7. The van der Waals surface area contributed by atoms with Crippen molar-refractivity contribution in [1.82, 2.24) is 5.32 Å². The lowest BCUT2D eigenvalue weighted by Gasteiger charge is -2.11. The number of benzene rings is 3. The van der Waals surface area contributed by atoms with E-state index in [1.165, 1.54) is 23.1 Å². The third-order valence-corrected chi connectivity index (χ3v) is 6.67. The summed E-state index contributed by atoms with van der Waals surface area (Å²) in [7, 11) is 0. The van der Waals surface area contributed by atoms with Crippen molar-refractivity contribution in [3.63, 3.8) is 0 Å². The number of hydrogen-bond donors (Lipinski definition) is 2. The molecule has 0 unspecified atom stereocenters. The first-order chi connectivity index (χ1) is 17.1. The monoisotopic (exact) mass is 498 g/mol. The molecule has 2 amide bonds. The van der Waals surface area contributed by atoms with Crippen LogP contribution in [0.3, 0.4) is 0 Å². The van der Waals surface area contributed by atoms with Gasteiger partial charge in [0.1, 0.15) is 5.70 Å². The summed E-state index contributed by atoms with van der Waals surface area (Å²) in [6.07, 6.45) is 1.64. The zero-order valence-electron chi connectivity index (χ0n) is 18.6. The number of rotatable bonds is 9. The van der Waals surface area contributed by atoms with Gasteiger partial charge in [0.2, 0.25) is 0 Å². The Bertz CT molecular complexity index is 1320. The van der Waals surface area contributed by atoms with Crippen molar-refractivity contribution in [2.75, 3.05) is 11.1 Å². The summed E-state index contributed by atoms with van der Waals surface area (Å²) in [5.41, 5.74) is 2.70. The van der Waals surface area contributed by atoms with Gasteiger partial charge in [-0.25, -0.2) is 0 Å². The van der Waals surface area contributed by atoms with Crippen molar-refractivity contribution in [1.29, 1.82) is 0 Å². The molecular weight excluding hydrogens is 476 g/mol. The fourth-order valence-electron chi connectivity index (χ4n) is 3.16. The SMILES string of the molecule is O=C(Nc1ccc(SCC(=O)c2ccccc2)cc1)/C(=C/c1ccsc1)NC(=O)c1ccccc1. The smallest absolute Gasteiger partial charge is 0.272 e. The first-order valence-electron chi connectivity index (χ1n) is 10.8. The summed E-state index contributed by atoms with van der Waals surface area (Å²) in [6.45, 7) is 0. The largest absolute Gasteiger partial charge is 0.321 e. The van der Waals surface area contributed by atoms with Crippen molar-refractivity contribution in [3.05, 3.63) is 124 Å². The first kappa shape index (κ1) is 24.2. The Morgan fingerprint density at radius 2 is 1.46 bits per heavy atom. The van der Waals surface area contributed by atoms with Crippen LogP contribution in [0.2, 0.25) is 0 Å². The van der Waals surface area contributed by atoms with Crippen molar-refractivity contribution in [2.45, 2.75) is 4.90 Å². The lowest BCUT2D eigenvalue weighted by Crippen LogP contribution is -2.30. The van der Waals surface area contributed by atoms with Crippen LogP contribution in [0.15, 0.2) is 112 Å². The molecule has 1 heterocycles. The second-order valence-electron chi connectivity index (χ2n) is 7.49. The van der Waals surface area contributed by atoms with E-state index >= 15 is 0 Å². The number of amides is 2. The van der Waals surface area contributed by atoms with Crippen LogP contribution in [0, 0.1) is 0 Å². The highest BCUT2D eigenvalue weighted by Crippen LogP contribution is 2.22. The fraction of sp³-hybridized carbons (Fsp3) is 0.0357. The Morgan fingerprint density at radius 3 is 2.09 bits per heavy atom. The van der Waals surface area contributed by atoms with Gasteiger partial charge in [0.25, 0.3) is 11.8 Å². The third kappa shape index (κ3) is 7.02. The van der Waals surface area contributed by atoms with E-state index in [2.05, 4.69) is 10.6 Å². The van der Waals surface area contributed by atoms with E-state index in [-0.39, 0.29) is 17.4 Å². The number of thiophene rings is 1. The van der Waals surface area contributed by atoms with E-state index in [4.69, 9.17) is 0 Å². The molecule has 0 spiro atoms. The molecule has 0 aliphatic carbocycles. The molecule has 5 nitrogen and oxygen atoms in total. The standard InChI is InChI=1S/C28H22N2O3S2/c31-26(21-7-3-1-4-8-21)19-35-24-13-11-23(12-14-24)29-28(33)25(17-20-15-16-34-18-20)30-27(32)22-9-5-2-6-10-22/h1-18H,19H2,(H,29,33)(H,30,32)/b25-17-. The van der Waals surface area contributed by atoms with Crippen molar-refractivity contribution < 1.29 is 14.4 Å². The van der Waals surface area contributed by atoms with Gasteiger partial charge >= 0.3 is 0 Å². The summed E-state index contributed by atoms with van der Waals surface area (Å²) in [6, 6.07) is 27.0. The van der Waals surface area contributed by atoms with E-state index in [9.17, 15) is 14.4 Å². The van der Waals surface area contributed by atoms with E-state index in [0.29, 0.717) is 22.6 Å². The molecule has 1 aromatic heterocycles. The zero-order chi connectivity index (χ0) is 24.5. The van der Waals surface area contributed by atoms with Crippen LogP contribution in [0.5, 0.6) is 0 Å². The van der Waals surface area contributed by atoms with Gasteiger partial charge in [-0.1, -0.05) is 48.5 Å². The van der Waals surface area contributed by atoms with Gasteiger partial charge < -0.3 is 10.6 Å². The minimum absolute atomic E-state index is 0.0605. The highest BCUT2D eigenvalue weighted by molar-refractivity contribution is 8.00. The molecule has 3 aromatic carbocycles. The summed E-state index contributed by atoms with van der Waals surface area (Å²) in [5, 5.41) is 9.35. The Kier molecular flexibility index (Phi) is 8.27. The molecular formula is C28H22N2O3S2. The average Bonchev–Trinajstić information content (AvgIpc) is 3.42. The maximum Gasteiger partial charge on any atom is 0.272 e. The topological polar surface area (TPSA) is 75.3 Å². The molecule has 0 bridgehead atoms.